The van der Waals surface area contributed by atoms with Crippen molar-refractivity contribution in [2.45, 2.75) is 51.0 Å². The Morgan fingerprint density at radius 3 is 2.48 bits per heavy atom. The first-order valence-corrected chi connectivity index (χ1v) is 8.75. The van der Waals surface area contributed by atoms with Crippen LogP contribution < -0.4 is 5.32 Å². The minimum atomic E-state index is -0.799. The maximum absolute atomic E-state index is 12.0. The van der Waals surface area contributed by atoms with Gasteiger partial charge in [0.1, 0.15) is 5.02 Å². The maximum atomic E-state index is 12.0. The van der Waals surface area contributed by atoms with Crippen LogP contribution in [0, 0.1) is 10.1 Å². The van der Waals surface area contributed by atoms with Gasteiger partial charge in [-0.25, -0.2) is 4.79 Å². The minimum Gasteiger partial charge on any atom is -0.452 e. The molecule has 1 fully saturated rings. The molecule has 0 aliphatic heterocycles. The third-order valence-electron chi connectivity index (χ3n) is 4.18. The number of ether oxygens (including phenoxy) is 1. The van der Waals surface area contributed by atoms with Gasteiger partial charge in [0.15, 0.2) is 6.61 Å². The molecule has 0 spiro atoms. The van der Waals surface area contributed by atoms with Crippen molar-refractivity contribution < 1.29 is 19.2 Å². The second kappa shape index (κ2) is 9.36. The quantitative estimate of drug-likeness (QED) is 0.486. The van der Waals surface area contributed by atoms with Gasteiger partial charge in [-0.05, 0) is 25.0 Å². The van der Waals surface area contributed by atoms with Gasteiger partial charge < -0.3 is 10.1 Å². The predicted molar refractivity (Wildman–Crippen MR) is 92.6 cm³/mol. The zero-order chi connectivity index (χ0) is 18.2. The van der Waals surface area contributed by atoms with E-state index < -0.39 is 17.5 Å². The number of nitrogens with zero attached hydrogens (tertiary/aromatic N) is 1. The largest absolute Gasteiger partial charge is 0.452 e. The molecule has 136 valence electrons. The zero-order valence-electron chi connectivity index (χ0n) is 13.8. The molecule has 0 atom stereocenters. The molecule has 7 nitrogen and oxygen atoms in total. The molecule has 0 saturated heterocycles. The van der Waals surface area contributed by atoms with Gasteiger partial charge >= 0.3 is 5.97 Å². The fraction of sp³-hybridized carbons (Fsp3) is 0.529. The fourth-order valence-corrected chi connectivity index (χ4v) is 3.05. The van der Waals surface area contributed by atoms with Crippen LogP contribution in [0.5, 0.6) is 0 Å². The van der Waals surface area contributed by atoms with Crippen LogP contribution >= 0.6 is 11.6 Å². The molecule has 1 saturated carbocycles. The van der Waals surface area contributed by atoms with E-state index in [2.05, 4.69) is 5.32 Å². The number of rotatable bonds is 5. The summed E-state index contributed by atoms with van der Waals surface area (Å²) in [5, 5.41) is 13.7. The summed E-state index contributed by atoms with van der Waals surface area (Å²) in [6, 6.07) is 3.73. The summed E-state index contributed by atoms with van der Waals surface area (Å²) in [6.07, 6.45) is 7.63. The highest BCUT2D eigenvalue weighted by atomic mass is 35.5. The molecular formula is C17H21ClN2O5. The molecule has 2 rings (SSSR count). The molecule has 1 aliphatic carbocycles. The van der Waals surface area contributed by atoms with Gasteiger partial charge in [0.2, 0.25) is 0 Å². The van der Waals surface area contributed by atoms with Crippen molar-refractivity contribution in [2.24, 2.45) is 0 Å². The first-order valence-electron chi connectivity index (χ1n) is 8.38. The van der Waals surface area contributed by atoms with Crippen molar-refractivity contribution >= 4 is 29.2 Å². The molecule has 1 amide bonds. The number of esters is 1. The SMILES string of the molecule is O=C(COC(=O)c1ccc(Cl)c([N+](=O)[O-])c1)NC1CCCCCCC1. The van der Waals surface area contributed by atoms with Crippen LogP contribution in [0.25, 0.3) is 0 Å². The Bertz CT molecular complexity index is 642. The number of halogens is 1. The lowest BCUT2D eigenvalue weighted by Gasteiger charge is -2.20. The van der Waals surface area contributed by atoms with Crippen molar-refractivity contribution in [3.63, 3.8) is 0 Å². The third-order valence-corrected chi connectivity index (χ3v) is 4.50. The number of nitro groups is 1. The van der Waals surface area contributed by atoms with E-state index in [1.807, 2.05) is 0 Å². The maximum Gasteiger partial charge on any atom is 0.338 e. The van der Waals surface area contributed by atoms with E-state index in [1.165, 1.54) is 31.4 Å². The van der Waals surface area contributed by atoms with Crippen molar-refractivity contribution in [1.29, 1.82) is 0 Å². The Morgan fingerprint density at radius 2 is 1.84 bits per heavy atom. The average molecular weight is 369 g/mol. The van der Waals surface area contributed by atoms with Gasteiger partial charge in [-0.15, -0.1) is 0 Å². The van der Waals surface area contributed by atoms with E-state index in [-0.39, 0.29) is 28.2 Å². The summed E-state index contributed by atoms with van der Waals surface area (Å²) in [4.78, 5) is 34.1. The molecule has 1 N–H and O–H groups in total. The van der Waals surface area contributed by atoms with Gasteiger partial charge in [-0.2, -0.15) is 0 Å². The van der Waals surface area contributed by atoms with E-state index in [1.54, 1.807) is 0 Å². The highest BCUT2D eigenvalue weighted by Gasteiger charge is 2.19. The molecule has 0 unspecified atom stereocenters. The standard InChI is InChI=1S/C17H21ClN2O5/c18-14-9-8-12(10-15(14)20(23)24)17(22)25-11-16(21)19-13-6-4-2-1-3-5-7-13/h8-10,13H,1-7,11H2,(H,19,21). The molecule has 1 aliphatic rings. The van der Waals surface area contributed by atoms with Crippen molar-refractivity contribution in [1.82, 2.24) is 5.32 Å². The number of nitro benzene ring substituents is 1. The van der Waals surface area contributed by atoms with Gasteiger partial charge in [0.05, 0.1) is 10.5 Å². The Balaban J connectivity index is 1.85. The Kier molecular flexibility index (Phi) is 7.18. The number of nitrogens with one attached hydrogen (secondary N) is 1. The van der Waals surface area contributed by atoms with Gasteiger partial charge in [0, 0.05) is 12.1 Å². The molecule has 25 heavy (non-hydrogen) atoms. The van der Waals surface area contributed by atoms with E-state index in [9.17, 15) is 19.7 Å². The number of carbonyl (C=O) groups is 2. The van der Waals surface area contributed by atoms with Crippen molar-refractivity contribution in [3.8, 4) is 0 Å². The summed E-state index contributed by atoms with van der Waals surface area (Å²) in [7, 11) is 0. The molecule has 1 aromatic rings. The van der Waals surface area contributed by atoms with E-state index in [0.717, 1.165) is 31.7 Å². The topological polar surface area (TPSA) is 98.5 Å². The van der Waals surface area contributed by atoms with Crippen LogP contribution in [-0.2, 0) is 9.53 Å². The summed E-state index contributed by atoms with van der Waals surface area (Å²) >= 11 is 5.70. The number of hydrogen-bond donors (Lipinski definition) is 1. The molecule has 0 radical (unpaired) electrons. The molecule has 8 heteroatoms. The summed E-state index contributed by atoms with van der Waals surface area (Å²) in [6.45, 7) is -0.411. The molecular weight excluding hydrogens is 348 g/mol. The number of hydrogen-bond acceptors (Lipinski definition) is 5. The second-order valence-electron chi connectivity index (χ2n) is 6.11. The van der Waals surface area contributed by atoms with Crippen LogP contribution in [0.1, 0.15) is 55.3 Å². The minimum absolute atomic E-state index is 0.0187. The smallest absolute Gasteiger partial charge is 0.338 e. The summed E-state index contributed by atoms with van der Waals surface area (Å²) < 4.78 is 4.95. The Morgan fingerprint density at radius 1 is 1.20 bits per heavy atom. The molecule has 0 heterocycles. The van der Waals surface area contributed by atoms with Crippen LogP contribution in [0.4, 0.5) is 5.69 Å². The lowest BCUT2D eigenvalue weighted by molar-refractivity contribution is -0.384. The Labute approximate surface area is 150 Å². The van der Waals surface area contributed by atoms with Crippen LogP contribution in [-0.4, -0.2) is 29.4 Å². The zero-order valence-corrected chi connectivity index (χ0v) is 14.6. The first-order chi connectivity index (χ1) is 12.0. The van der Waals surface area contributed by atoms with Crippen LogP contribution in [0.2, 0.25) is 5.02 Å². The van der Waals surface area contributed by atoms with Crippen LogP contribution in [0.3, 0.4) is 0 Å². The van der Waals surface area contributed by atoms with Gasteiger partial charge in [0.25, 0.3) is 11.6 Å². The highest BCUT2D eigenvalue weighted by Crippen LogP contribution is 2.25. The second-order valence-corrected chi connectivity index (χ2v) is 6.52. The first kappa shape index (κ1) is 19.2. The lowest BCUT2D eigenvalue weighted by atomic mass is 9.97. The number of amides is 1. The molecule has 0 aromatic heterocycles. The van der Waals surface area contributed by atoms with E-state index in [0.29, 0.717) is 0 Å². The van der Waals surface area contributed by atoms with Crippen molar-refractivity contribution in [3.05, 3.63) is 38.9 Å². The van der Waals surface area contributed by atoms with E-state index >= 15 is 0 Å². The fourth-order valence-electron chi connectivity index (χ4n) is 2.86. The predicted octanol–water partition coefficient (Wildman–Crippen LogP) is 3.63. The van der Waals surface area contributed by atoms with Gasteiger partial charge in [-0.1, -0.05) is 43.7 Å². The monoisotopic (exact) mass is 368 g/mol. The highest BCUT2D eigenvalue weighted by molar-refractivity contribution is 6.32. The normalized spacial score (nSPS) is 15.7. The van der Waals surface area contributed by atoms with E-state index in [4.69, 9.17) is 16.3 Å². The average Bonchev–Trinajstić information content (AvgIpc) is 2.55. The summed E-state index contributed by atoms with van der Waals surface area (Å²) in [5.41, 5.74) is -0.398. The Hall–Kier alpha value is -2.15. The molecule has 0 bridgehead atoms. The lowest BCUT2D eigenvalue weighted by Crippen LogP contribution is -2.38. The molecule has 1 aromatic carbocycles. The van der Waals surface area contributed by atoms with Crippen LogP contribution in [0.15, 0.2) is 18.2 Å². The third kappa shape index (κ3) is 6.01. The number of carbonyl (C=O) groups excluding carboxylic acids is 2. The van der Waals surface area contributed by atoms with Crippen molar-refractivity contribution in [2.75, 3.05) is 6.61 Å². The summed E-state index contributed by atoms with van der Waals surface area (Å²) in [5.74, 6) is -1.16. The number of benzene rings is 1. The van der Waals surface area contributed by atoms with Gasteiger partial charge in [-0.3, -0.25) is 14.9 Å².